The minimum absolute atomic E-state index is 0.133. The third-order valence-electron chi connectivity index (χ3n) is 1.64. The minimum Gasteiger partial charge on any atom is -0.322 e. The van der Waals surface area contributed by atoms with Gasteiger partial charge in [0, 0.05) is 24.3 Å². The largest absolute Gasteiger partial charge is 0.322 e. The fraction of sp³-hybridized carbons (Fsp3) is 0.667. The Morgan fingerprint density at radius 2 is 1.93 bits per heavy atom. The molecule has 0 fully saturated rings. The molecule has 1 atom stereocenters. The molecule has 0 heterocycles. The molecule has 0 aliphatic heterocycles. The summed E-state index contributed by atoms with van der Waals surface area (Å²) in [6.07, 6.45) is 3.49. The lowest BCUT2D eigenvalue weighted by molar-refractivity contribution is -0.118. The van der Waals surface area contributed by atoms with E-state index in [4.69, 9.17) is 5.73 Å². The first-order valence-corrected chi connectivity index (χ1v) is 6.74. The molecule has 0 unspecified atom stereocenters. The average molecular weight is 219 g/mol. The Morgan fingerprint density at radius 1 is 1.43 bits per heavy atom. The monoisotopic (exact) mass is 219 g/mol. The van der Waals surface area contributed by atoms with E-state index < -0.39 is 15.6 Å². The zero-order valence-electron chi connectivity index (χ0n) is 8.78. The van der Waals surface area contributed by atoms with Crippen LogP contribution in [0.15, 0.2) is 0 Å². The maximum Gasteiger partial charge on any atom is 0.163 e. The van der Waals surface area contributed by atoms with Crippen molar-refractivity contribution < 1.29 is 13.8 Å². The van der Waals surface area contributed by atoms with Gasteiger partial charge in [-0.3, -0.25) is 13.8 Å². The number of ketones is 2. The van der Waals surface area contributed by atoms with Crippen LogP contribution in [0.3, 0.4) is 0 Å². The molecule has 2 N–H and O–H groups in total. The molecule has 0 aromatic heterocycles. The van der Waals surface area contributed by atoms with Crippen LogP contribution in [-0.2, 0) is 19.1 Å². The van der Waals surface area contributed by atoms with Crippen LogP contribution in [0.25, 0.3) is 0 Å². The fourth-order valence-electron chi connectivity index (χ4n) is 0.877. The summed E-state index contributed by atoms with van der Waals surface area (Å²) < 4.78 is 11.2. The Labute approximate surface area is 84.9 Å². The maximum absolute atomic E-state index is 11.2. The SMILES string of the molecule is CC(=O)[C@@H](N)CCC(=O)C=S(C)(C)=O. The molecule has 5 heteroatoms. The van der Waals surface area contributed by atoms with E-state index in [1.165, 1.54) is 24.8 Å². The molecular formula is C9H17NO3S. The number of carbonyl (C=O) groups excluding carboxylic acids is 2. The summed E-state index contributed by atoms with van der Waals surface area (Å²) in [7, 11) is -2.14. The molecule has 0 bridgehead atoms. The highest BCUT2D eigenvalue weighted by molar-refractivity contribution is 8.01. The fourth-order valence-corrected chi connectivity index (χ4v) is 1.63. The molecule has 0 spiro atoms. The summed E-state index contributed by atoms with van der Waals surface area (Å²) in [4.78, 5) is 21.9. The van der Waals surface area contributed by atoms with Gasteiger partial charge in [-0.25, -0.2) is 0 Å². The Morgan fingerprint density at radius 3 is 2.29 bits per heavy atom. The number of Topliss-reactive ketones (excluding diaryl/α,β-unsaturated/α-hetero) is 2. The minimum atomic E-state index is -2.14. The van der Waals surface area contributed by atoms with Crippen LogP contribution >= 0.6 is 0 Å². The third kappa shape index (κ3) is 6.80. The van der Waals surface area contributed by atoms with Gasteiger partial charge >= 0.3 is 0 Å². The maximum atomic E-state index is 11.2. The molecule has 0 saturated carbocycles. The molecule has 0 aromatic rings. The molecule has 0 saturated heterocycles. The first-order chi connectivity index (χ1) is 6.22. The quantitative estimate of drug-likeness (QED) is 0.638. The Bertz CT molecular complexity index is 332. The van der Waals surface area contributed by atoms with Gasteiger partial charge in [0.15, 0.2) is 5.78 Å². The number of rotatable bonds is 5. The van der Waals surface area contributed by atoms with Crippen molar-refractivity contribution in [3.63, 3.8) is 0 Å². The predicted octanol–water partition coefficient (Wildman–Crippen LogP) is -0.402. The zero-order chi connectivity index (χ0) is 11.4. The van der Waals surface area contributed by atoms with Gasteiger partial charge in [-0.05, 0) is 22.9 Å². The van der Waals surface area contributed by atoms with Gasteiger partial charge in [-0.2, -0.15) is 0 Å². The molecule has 4 nitrogen and oxygen atoms in total. The molecule has 14 heavy (non-hydrogen) atoms. The van der Waals surface area contributed by atoms with Gasteiger partial charge in [0.1, 0.15) is 5.78 Å². The van der Waals surface area contributed by atoms with E-state index in [9.17, 15) is 13.8 Å². The highest BCUT2D eigenvalue weighted by Crippen LogP contribution is 1.96. The topological polar surface area (TPSA) is 77.2 Å². The molecule has 0 aromatic carbocycles. The van der Waals surface area contributed by atoms with E-state index in [1.807, 2.05) is 0 Å². The predicted molar refractivity (Wildman–Crippen MR) is 59.0 cm³/mol. The number of hydrogen-bond acceptors (Lipinski definition) is 4. The van der Waals surface area contributed by atoms with Crippen LogP contribution in [-0.4, -0.2) is 39.7 Å². The normalized spacial score (nSPS) is 13.4. The molecule has 0 radical (unpaired) electrons. The van der Waals surface area contributed by atoms with Crippen molar-refractivity contribution in [1.82, 2.24) is 0 Å². The highest BCUT2D eigenvalue weighted by atomic mass is 32.2. The standard InChI is InChI=1S/C9H17NO3S/c1-7(11)9(10)5-4-8(12)6-14(2,3)13/h6,9H,4-5,10H2,1-3H3/t9-/m0/s1. The van der Waals surface area contributed by atoms with Crippen molar-refractivity contribution in [1.29, 1.82) is 0 Å². The molecule has 0 rings (SSSR count). The Balaban J connectivity index is 4.12. The summed E-state index contributed by atoms with van der Waals surface area (Å²) in [6, 6.07) is -0.586. The van der Waals surface area contributed by atoms with Gasteiger partial charge in [0.2, 0.25) is 0 Å². The molecule has 0 amide bonds. The summed E-state index contributed by atoms with van der Waals surface area (Å²) in [5.41, 5.74) is 5.44. The lowest BCUT2D eigenvalue weighted by atomic mass is 10.1. The van der Waals surface area contributed by atoms with Crippen molar-refractivity contribution in [2.24, 2.45) is 5.73 Å². The third-order valence-corrected chi connectivity index (χ3v) is 2.47. The summed E-state index contributed by atoms with van der Waals surface area (Å²) in [6.45, 7) is 1.39. The highest BCUT2D eigenvalue weighted by Gasteiger charge is 2.10. The second kappa shape index (κ2) is 5.26. The van der Waals surface area contributed by atoms with E-state index in [0.29, 0.717) is 6.42 Å². The second-order valence-corrected chi connectivity index (χ2v) is 6.50. The average Bonchev–Trinajstić information content (AvgIpc) is 1.96. The van der Waals surface area contributed by atoms with Gasteiger partial charge in [0.25, 0.3) is 0 Å². The van der Waals surface area contributed by atoms with E-state index in [-0.39, 0.29) is 18.0 Å². The second-order valence-electron chi connectivity index (χ2n) is 3.65. The van der Waals surface area contributed by atoms with Crippen LogP contribution in [0.1, 0.15) is 19.8 Å². The van der Waals surface area contributed by atoms with Crippen molar-refractivity contribution in [3.8, 4) is 0 Å². The van der Waals surface area contributed by atoms with Crippen LogP contribution in [0.4, 0.5) is 0 Å². The van der Waals surface area contributed by atoms with Crippen molar-refractivity contribution in [2.75, 3.05) is 12.5 Å². The summed E-state index contributed by atoms with van der Waals surface area (Å²) >= 11 is 0. The van der Waals surface area contributed by atoms with Crippen molar-refractivity contribution in [2.45, 2.75) is 25.8 Å². The molecular weight excluding hydrogens is 202 g/mol. The first-order valence-electron chi connectivity index (χ1n) is 4.30. The smallest absolute Gasteiger partial charge is 0.163 e. The van der Waals surface area contributed by atoms with E-state index >= 15 is 0 Å². The van der Waals surface area contributed by atoms with Crippen LogP contribution in [0.2, 0.25) is 0 Å². The van der Waals surface area contributed by atoms with Crippen LogP contribution < -0.4 is 5.73 Å². The van der Waals surface area contributed by atoms with Crippen LogP contribution in [0, 0.1) is 0 Å². The Kier molecular flexibility index (Phi) is 5.01. The number of hydrogen-bond donors (Lipinski definition) is 1. The number of nitrogens with two attached hydrogens (primary N) is 1. The van der Waals surface area contributed by atoms with E-state index in [1.54, 1.807) is 0 Å². The number of carbonyl (C=O) groups is 2. The Hall–Kier alpha value is -0.680. The lowest BCUT2D eigenvalue weighted by Crippen LogP contribution is -2.29. The molecule has 0 aliphatic rings. The van der Waals surface area contributed by atoms with Crippen molar-refractivity contribution >= 4 is 26.5 Å². The first kappa shape index (κ1) is 13.3. The van der Waals surface area contributed by atoms with E-state index in [0.717, 1.165) is 0 Å². The zero-order valence-corrected chi connectivity index (χ0v) is 9.60. The lowest BCUT2D eigenvalue weighted by Gasteiger charge is -2.04. The van der Waals surface area contributed by atoms with Gasteiger partial charge in [-0.15, -0.1) is 0 Å². The van der Waals surface area contributed by atoms with Gasteiger partial charge < -0.3 is 5.73 Å². The van der Waals surface area contributed by atoms with E-state index in [2.05, 4.69) is 0 Å². The van der Waals surface area contributed by atoms with Crippen molar-refractivity contribution in [3.05, 3.63) is 0 Å². The van der Waals surface area contributed by atoms with Crippen LogP contribution in [0.5, 0.6) is 0 Å². The van der Waals surface area contributed by atoms with Gasteiger partial charge in [-0.1, -0.05) is 0 Å². The molecule has 0 aliphatic carbocycles. The summed E-state index contributed by atoms with van der Waals surface area (Å²) in [5, 5.41) is 1.21. The molecule has 82 valence electrons. The summed E-state index contributed by atoms with van der Waals surface area (Å²) in [5.74, 6) is -0.344. The van der Waals surface area contributed by atoms with Gasteiger partial charge in [0.05, 0.1) is 6.04 Å².